The summed E-state index contributed by atoms with van der Waals surface area (Å²) in [6, 6.07) is 0. The molecule has 0 fully saturated rings. The van der Waals surface area contributed by atoms with E-state index in [9.17, 15) is 0 Å². The van der Waals surface area contributed by atoms with Crippen LogP contribution in [0.3, 0.4) is 0 Å². The third-order valence-electron chi connectivity index (χ3n) is 0.115. The van der Waals surface area contributed by atoms with Gasteiger partial charge in [-0.3, -0.25) is 0 Å². The molecule has 5 heavy (non-hydrogen) atoms. The first-order chi connectivity index (χ1) is 2.27. The molecule has 0 saturated carbocycles. The number of hydrogen-bond acceptors (Lipinski definition) is 3. The Bertz CT molecular complexity index is 42.9. The zero-order valence-electron chi connectivity index (χ0n) is 2.42. The van der Waals surface area contributed by atoms with Crippen LogP contribution in [0.2, 0.25) is 0 Å². The summed E-state index contributed by atoms with van der Waals surface area (Å²) in [6.07, 6.45) is 0. The van der Waals surface area contributed by atoms with Crippen LogP contribution in [0.1, 0.15) is 0 Å². The van der Waals surface area contributed by atoms with Crippen molar-refractivity contribution >= 4 is 37.9 Å². The second kappa shape index (κ2) is 3.00. The van der Waals surface area contributed by atoms with Crippen molar-refractivity contribution in [1.29, 1.82) is 0 Å². The molecular weight excluding hydrogens is 120 g/mol. The fraction of sp³-hybridized carbons (Fsp3) is 0. The van der Waals surface area contributed by atoms with Crippen LogP contribution < -0.4 is 0 Å². The summed E-state index contributed by atoms with van der Waals surface area (Å²) >= 11 is 11.2. The summed E-state index contributed by atoms with van der Waals surface area (Å²) in [6.45, 7) is 0. The lowest BCUT2D eigenvalue weighted by Gasteiger charge is -1.71. The zero-order valence-corrected chi connectivity index (χ0v) is 5.10. The molecule has 0 aromatic heterocycles. The van der Waals surface area contributed by atoms with Crippen molar-refractivity contribution in [3.63, 3.8) is 0 Å². The molecule has 0 aliphatic heterocycles. The molecule has 0 nitrogen and oxygen atoms in total. The molecule has 0 radical (unpaired) electrons. The average molecular weight is 124 g/mol. The minimum atomic E-state index is 0.633. The van der Waals surface area contributed by atoms with Gasteiger partial charge in [0.15, 0.2) is 0 Å². The minimum absolute atomic E-state index is 0.633. The van der Waals surface area contributed by atoms with Gasteiger partial charge in [-0.2, -0.15) is 0 Å². The highest BCUT2D eigenvalue weighted by Gasteiger charge is 1.63. The monoisotopic (exact) mass is 124 g/mol. The highest BCUT2D eigenvalue weighted by molar-refractivity contribution is 8.05. The third kappa shape index (κ3) is 4.79. The molecule has 0 saturated heterocycles. The largest absolute Gasteiger partial charge is 0.150 e. The first kappa shape index (κ1) is 5.79. The molecule has 0 unspecified atom stereocenters. The van der Waals surface area contributed by atoms with Crippen LogP contribution in [0.15, 0.2) is 9.65 Å². The van der Waals surface area contributed by atoms with Gasteiger partial charge < -0.3 is 0 Å². The van der Waals surface area contributed by atoms with E-state index in [4.69, 9.17) is 0 Å². The van der Waals surface area contributed by atoms with Gasteiger partial charge in [-0.1, -0.05) is 0 Å². The van der Waals surface area contributed by atoms with Crippen molar-refractivity contribution < 1.29 is 0 Å². The molecule has 3 heteroatoms. The Morgan fingerprint density at radius 2 is 1.60 bits per heavy atom. The lowest BCUT2D eigenvalue weighted by atomic mass is 11.2. The molecule has 0 bridgehead atoms. The number of hydrogen-bond donors (Lipinski definition) is 3. The normalized spacial score (nSPS) is 7.00. The molecule has 0 aromatic carbocycles. The van der Waals surface area contributed by atoms with E-state index in [1.54, 1.807) is 0 Å². The first-order valence-electron chi connectivity index (χ1n) is 0.994. The van der Waals surface area contributed by atoms with Crippen LogP contribution in [-0.4, -0.2) is 0 Å². The molecule has 0 atom stereocenters. The topological polar surface area (TPSA) is 0 Å². The quantitative estimate of drug-likeness (QED) is 0.401. The third-order valence-corrected chi connectivity index (χ3v) is 1.04. The molecular formula is C2H4S3. The summed E-state index contributed by atoms with van der Waals surface area (Å²) in [5.74, 6) is 0. The van der Waals surface area contributed by atoms with Gasteiger partial charge in [0, 0.05) is 4.24 Å². The minimum Gasteiger partial charge on any atom is -0.150 e. The van der Waals surface area contributed by atoms with E-state index >= 15 is 0 Å². The predicted octanol–water partition coefficient (Wildman–Crippen LogP) is 1.57. The van der Waals surface area contributed by atoms with E-state index in [0.717, 1.165) is 0 Å². The van der Waals surface area contributed by atoms with Crippen molar-refractivity contribution in [3.8, 4) is 0 Å². The second-order valence-electron chi connectivity index (χ2n) is 0.487. The number of thiol groups is 3. The van der Waals surface area contributed by atoms with Crippen LogP contribution in [-0.2, 0) is 0 Å². The lowest BCUT2D eigenvalue weighted by molar-refractivity contribution is 2.50. The molecule has 30 valence electrons. The molecule has 0 aliphatic rings. The van der Waals surface area contributed by atoms with Gasteiger partial charge in [0.05, 0.1) is 0 Å². The van der Waals surface area contributed by atoms with Crippen molar-refractivity contribution in [1.82, 2.24) is 0 Å². The summed E-state index contributed by atoms with van der Waals surface area (Å²) in [5.41, 5.74) is 0. The summed E-state index contributed by atoms with van der Waals surface area (Å²) in [4.78, 5) is 0. The van der Waals surface area contributed by atoms with Crippen LogP contribution in [0, 0.1) is 0 Å². The van der Waals surface area contributed by atoms with E-state index in [1.807, 2.05) is 0 Å². The maximum atomic E-state index is 3.75. The van der Waals surface area contributed by atoms with E-state index in [0.29, 0.717) is 4.24 Å². The molecule has 0 spiro atoms. The molecule has 0 aromatic rings. The van der Waals surface area contributed by atoms with Crippen molar-refractivity contribution in [2.24, 2.45) is 0 Å². The van der Waals surface area contributed by atoms with Crippen LogP contribution in [0.5, 0.6) is 0 Å². The van der Waals surface area contributed by atoms with Gasteiger partial charge in [-0.25, -0.2) is 0 Å². The molecule has 0 rings (SSSR count). The smallest absolute Gasteiger partial charge is 0.0400 e. The number of rotatable bonds is 0. The lowest BCUT2D eigenvalue weighted by Crippen LogP contribution is -1.35. The Hall–Kier alpha value is 0.790. The summed E-state index contributed by atoms with van der Waals surface area (Å²) in [7, 11) is 0. The van der Waals surface area contributed by atoms with Crippen LogP contribution in [0.25, 0.3) is 0 Å². The highest BCUT2D eigenvalue weighted by atomic mass is 32.2. The Labute approximate surface area is 47.9 Å². The fourth-order valence-corrected chi connectivity index (χ4v) is 0. The molecule has 0 heterocycles. The zero-order chi connectivity index (χ0) is 4.28. The average Bonchev–Trinajstić information content (AvgIpc) is 1.38. The first-order valence-corrected chi connectivity index (χ1v) is 2.40. The van der Waals surface area contributed by atoms with Gasteiger partial charge in [-0.15, -0.1) is 37.9 Å². The van der Waals surface area contributed by atoms with Crippen LogP contribution in [0.4, 0.5) is 0 Å². The Balaban J connectivity index is 3.14. The maximum Gasteiger partial charge on any atom is 0.0400 e. The van der Waals surface area contributed by atoms with Crippen LogP contribution >= 0.6 is 37.9 Å². The molecule has 0 N–H and O–H groups in total. The van der Waals surface area contributed by atoms with E-state index in [-0.39, 0.29) is 0 Å². The van der Waals surface area contributed by atoms with E-state index in [1.165, 1.54) is 5.41 Å². The summed E-state index contributed by atoms with van der Waals surface area (Å²) < 4.78 is 0.633. The van der Waals surface area contributed by atoms with E-state index in [2.05, 4.69) is 37.9 Å². The van der Waals surface area contributed by atoms with E-state index < -0.39 is 0 Å². The van der Waals surface area contributed by atoms with Gasteiger partial charge in [0.1, 0.15) is 0 Å². The molecule has 0 aliphatic carbocycles. The van der Waals surface area contributed by atoms with Gasteiger partial charge >= 0.3 is 0 Å². The Morgan fingerprint density at radius 3 is 1.60 bits per heavy atom. The van der Waals surface area contributed by atoms with Gasteiger partial charge in [0.25, 0.3) is 0 Å². The molecule has 0 amide bonds. The van der Waals surface area contributed by atoms with Gasteiger partial charge in [0.2, 0.25) is 0 Å². The second-order valence-corrected chi connectivity index (χ2v) is 2.06. The predicted molar refractivity (Wildman–Crippen MR) is 35.0 cm³/mol. The van der Waals surface area contributed by atoms with Crippen molar-refractivity contribution in [2.75, 3.05) is 0 Å². The Kier molecular flexibility index (Phi) is 3.47. The van der Waals surface area contributed by atoms with Crippen molar-refractivity contribution in [2.45, 2.75) is 0 Å². The highest BCUT2D eigenvalue weighted by Crippen LogP contribution is 2.03. The Morgan fingerprint density at radius 1 is 1.40 bits per heavy atom. The standard InChI is InChI=1S/C2H4S3/c3-1-2(4)5/h1,3-5H. The summed E-state index contributed by atoms with van der Waals surface area (Å²) in [5, 5.41) is 1.51. The maximum absolute atomic E-state index is 3.75. The fourth-order valence-electron chi connectivity index (χ4n) is 0. The SMILES string of the molecule is SC=C(S)S. The van der Waals surface area contributed by atoms with Crippen molar-refractivity contribution in [3.05, 3.63) is 9.65 Å². The van der Waals surface area contributed by atoms with Gasteiger partial charge in [-0.05, 0) is 5.41 Å².